The van der Waals surface area contributed by atoms with Gasteiger partial charge in [-0.2, -0.15) is 44.9 Å². The highest BCUT2D eigenvalue weighted by molar-refractivity contribution is 5.47. The third-order valence-corrected chi connectivity index (χ3v) is 28.7. The molecule has 0 spiro atoms. The van der Waals surface area contributed by atoms with Gasteiger partial charge in [0.1, 0.15) is 18.3 Å². The Labute approximate surface area is 783 Å². The van der Waals surface area contributed by atoms with Gasteiger partial charge in [0.05, 0.1) is 0 Å². The van der Waals surface area contributed by atoms with E-state index >= 15 is 0 Å². The fourth-order valence-electron chi connectivity index (χ4n) is 28.2. The van der Waals surface area contributed by atoms with Gasteiger partial charge in [0.25, 0.3) is 0 Å². The van der Waals surface area contributed by atoms with E-state index in [-0.39, 0.29) is 154 Å². The van der Waals surface area contributed by atoms with Crippen molar-refractivity contribution in [3.8, 4) is 18.0 Å². The van der Waals surface area contributed by atoms with Crippen LogP contribution < -0.4 is 92.3 Å². The van der Waals surface area contributed by atoms with Crippen molar-refractivity contribution < 1.29 is 14.2 Å². The van der Waals surface area contributed by atoms with Crippen LogP contribution in [0.2, 0.25) is 0 Å². The molecule has 9 saturated heterocycles. The second-order valence-electron chi connectivity index (χ2n) is 54.4. The highest BCUT2D eigenvalue weighted by Gasteiger charge is 2.53. The maximum atomic E-state index is 7.35. The molecule has 12 rings (SSSR count). The van der Waals surface area contributed by atoms with Gasteiger partial charge in [0.15, 0.2) is 0 Å². The molecule has 0 aliphatic carbocycles. The largest absolute Gasteiger partial charge is 0.460 e. The van der Waals surface area contributed by atoms with Gasteiger partial charge in [-0.05, 0) is 352 Å². The van der Waals surface area contributed by atoms with Gasteiger partial charge < -0.3 is 92.3 Å². The summed E-state index contributed by atoms with van der Waals surface area (Å²) in [4.78, 5) is 59.8. The Hall–Kier alpha value is -5.13. The number of aromatic nitrogens is 9. The Bertz CT molecular complexity index is 3820. The van der Waals surface area contributed by atoms with Crippen LogP contribution in [0.25, 0.3) is 0 Å². The minimum Gasteiger partial charge on any atom is -0.460 e. The molecule has 0 atom stereocenters. The normalized spacial score (nSPS) is 26.8. The zero-order chi connectivity index (χ0) is 95.2. The van der Waals surface area contributed by atoms with Crippen LogP contribution in [-0.4, -0.2) is 225 Å². The van der Waals surface area contributed by atoms with Crippen molar-refractivity contribution in [3.63, 3.8) is 0 Å². The molecule has 9 aliphatic rings. The molecule has 0 radical (unpaired) electrons. The number of hydrogen-bond acceptors (Lipinski definition) is 27. The first kappa shape index (κ1) is 103. The lowest BCUT2D eigenvalue weighted by Crippen LogP contribution is -2.67. The van der Waals surface area contributed by atoms with Crippen LogP contribution in [0.1, 0.15) is 416 Å². The van der Waals surface area contributed by atoms with E-state index in [2.05, 4.69) is 327 Å². The number of unbranched alkanes of at least 4 members (excludes halogenated alkanes) is 6. The van der Waals surface area contributed by atoms with Gasteiger partial charge in [-0.25, -0.2) is 0 Å². The molecular weight excluding hydrogens is 1610 g/mol. The van der Waals surface area contributed by atoms with Crippen molar-refractivity contribution in [2.45, 2.75) is 570 Å². The van der Waals surface area contributed by atoms with E-state index in [0.29, 0.717) is 60.9 Å². The first-order chi connectivity index (χ1) is 58.8. The summed E-state index contributed by atoms with van der Waals surface area (Å²) in [6.07, 6.45) is 23.8. The second-order valence-corrected chi connectivity index (χ2v) is 54.4. The van der Waals surface area contributed by atoms with E-state index in [1.165, 1.54) is 0 Å². The molecule has 9 aliphatic heterocycles. The quantitative estimate of drug-likeness (QED) is 0.0259. The summed E-state index contributed by atoms with van der Waals surface area (Å²) in [6.45, 7) is 87.1. The van der Waals surface area contributed by atoms with E-state index in [1.54, 1.807) is 0 Å². The summed E-state index contributed by atoms with van der Waals surface area (Å²) in [5.41, 5.74) is -2.29. The third-order valence-electron chi connectivity index (χ3n) is 28.7. The topological polar surface area (TPSA) is 289 Å². The number of ether oxygens (including phenoxy) is 3. The fraction of sp³-hybridized carbons (Fsp3) is 0.912. The summed E-state index contributed by atoms with van der Waals surface area (Å²) in [6, 6.07) is 2.18. The molecule has 0 aromatic carbocycles. The highest BCUT2D eigenvalue weighted by atomic mass is 16.5. The molecule has 12 heterocycles. The standard InChI is InChI=1S/C102H188N24O3/c1-85(2)49-67(50-86(3,4)114-85)124(68-51-87(5,6)115-88(7,8)52-68)79-105-76(107-82(111-79)127-73-61-97(25,26)120-98(27,28)62-73)103-45-41-37-39-43-47-123(78-109-81(113-84(110-78)129-75-65-101(33,34)122-102(35,36)66-75)126(71-57-93(17,18)118-94(19,20)58-71)72-59-95(21,22)119-96(23,24)60-72)48-44-40-38-42-46-104-77-106-80(112-83(108-77)128-74-63-99(29,30)121-100(31,32)64-74)125(69-53-89(9,10)116-90(11,12)54-69)70-55-91(13,14)117-92(15,16)56-70/h67-75,114-122H,37-66H2,1-36H3,(H,103,105,107,111)(H,104,106,108,112). The van der Waals surface area contributed by atoms with E-state index in [1.807, 2.05) is 0 Å². The molecule has 27 nitrogen and oxygen atoms in total. The van der Waals surface area contributed by atoms with Crippen LogP contribution in [0.4, 0.5) is 35.7 Å². The monoisotopic (exact) mass is 1800 g/mol. The summed E-state index contributed by atoms with van der Waals surface area (Å²) >= 11 is 0. The number of rotatable bonds is 32. The summed E-state index contributed by atoms with van der Waals surface area (Å²) in [7, 11) is 0. The molecule has 9 fully saturated rings. The van der Waals surface area contributed by atoms with Gasteiger partial charge >= 0.3 is 18.0 Å². The SMILES string of the molecule is CC1(C)CC(Oc2nc(NCCCCCCN(CCCCCCNc3nc(OC4CC(C)(C)NC(C)(C)C4)nc(N(C4CC(C)(C)NC(C)(C)C4)C4CC(C)(C)NC(C)(C)C4)n3)c3nc(OC4CC(C)(C)NC(C)(C)C4)nc(N(C4CC(C)(C)NC(C)(C)C4)C4CC(C)(C)NC(C)(C)C4)n3)nc(N(C3CC(C)(C)NC(C)(C)C3)C3CC(C)(C)NC(C)(C)C3)n2)CC(C)(C)N1. The molecule has 0 saturated carbocycles. The minimum absolute atomic E-state index is 0.0823. The maximum Gasteiger partial charge on any atom is 0.323 e. The number of nitrogens with one attached hydrogen (secondary N) is 11. The Morgan fingerprint density at radius 1 is 0.217 bits per heavy atom. The Balaban J connectivity index is 0.840. The highest BCUT2D eigenvalue weighted by Crippen LogP contribution is 2.47. The van der Waals surface area contributed by atoms with E-state index in [4.69, 9.17) is 59.1 Å². The zero-order valence-corrected chi connectivity index (χ0v) is 88.4. The van der Waals surface area contributed by atoms with Crippen molar-refractivity contribution in [2.75, 3.05) is 56.4 Å². The number of anilines is 6. The number of nitrogens with zero attached hydrogens (tertiary/aromatic N) is 13. The predicted molar refractivity (Wildman–Crippen MR) is 534 cm³/mol. The lowest BCUT2D eigenvalue weighted by atomic mass is 9.75. The summed E-state index contributed by atoms with van der Waals surface area (Å²) < 4.78 is 21.6. The minimum atomic E-state index is -0.163. The number of piperidine rings is 9. The average Bonchev–Trinajstić information content (AvgIpc) is 0.755. The molecular formula is C102H188N24O3. The van der Waals surface area contributed by atoms with E-state index in [9.17, 15) is 0 Å². The molecule has 0 unspecified atom stereocenters. The second kappa shape index (κ2) is 37.1. The van der Waals surface area contributed by atoms with Crippen LogP contribution in [0.15, 0.2) is 0 Å². The van der Waals surface area contributed by atoms with Crippen LogP contribution in [0.3, 0.4) is 0 Å². The van der Waals surface area contributed by atoms with E-state index in [0.717, 1.165) is 186 Å². The molecule has 3 aromatic heterocycles. The van der Waals surface area contributed by atoms with Crippen molar-refractivity contribution in [1.82, 2.24) is 92.7 Å². The zero-order valence-electron chi connectivity index (χ0n) is 88.4. The molecule has 11 N–H and O–H groups in total. The van der Waals surface area contributed by atoms with Crippen molar-refractivity contribution in [2.24, 2.45) is 0 Å². The smallest absolute Gasteiger partial charge is 0.323 e. The molecule has 734 valence electrons. The first-order valence-electron chi connectivity index (χ1n) is 50.8. The Morgan fingerprint density at radius 3 is 0.612 bits per heavy atom. The number of hydrogen-bond donors (Lipinski definition) is 11. The van der Waals surface area contributed by atoms with Crippen molar-refractivity contribution in [3.05, 3.63) is 0 Å². The van der Waals surface area contributed by atoms with Gasteiger partial charge in [0, 0.05) is 201 Å². The van der Waals surface area contributed by atoms with E-state index < -0.39 is 0 Å². The first-order valence-corrected chi connectivity index (χ1v) is 50.8. The van der Waals surface area contributed by atoms with Crippen molar-refractivity contribution in [1.29, 1.82) is 0 Å². The fourth-order valence-corrected chi connectivity index (χ4v) is 28.2. The molecule has 27 heteroatoms. The summed E-state index contributed by atoms with van der Waals surface area (Å²) in [5.74, 6) is 3.97. The van der Waals surface area contributed by atoms with Gasteiger partial charge in [-0.3, -0.25) is 0 Å². The maximum absolute atomic E-state index is 7.35. The van der Waals surface area contributed by atoms with Gasteiger partial charge in [0.2, 0.25) is 35.7 Å². The summed E-state index contributed by atoms with van der Waals surface area (Å²) in [5, 5.41) is 43.4. The molecule has 0 bridgehead atoms. The third kappa shape index (κ3) is 29.5. The average molecular weight is 1800 g/mol. The van der Waals surface area contributed by atoms with Crippen LogP contribution in [0, 0.1) is 0 Å². The molecule has 0 amide bonds. The van der Waals surface area contributed by atoms with Crippen LogP contribution in [-0.2, 0) is 0 Å². The lowest BCUT2D eigenvalue weighted by molar-refractivity contribution is 0.0490. The Morgan fingerprint density at radius 2 is 0.395 bits per heavy atom. The van der Waals surface area contributed by atoms with Gasteiger partial charge in [-0.15, -0.1) is 0 Å². The molecule has 129 heavy (non-hydrogen) atoms. The van der Waals surface area contributed by atoms with Crippen molar-refractivity contribution >= 4 is 35.7 Å². The predicted octanol–water partition coefficient (Wildman–Crippen LogP) is 17.7. The van der Waals surface area contributed by atoms with Crippen LogP contribution in [0.5, 0.6) is 18.0 Å². The van der Waals surface area contributed by atoms with Crippen LogP contribution >= 0.6 is 0 Å². The van der Waals surface area contributed by atoms with Gasteiger partial charge in [-0.1, -0.05) is 25.7 Å². The Kier molecular flexibility index (Phi) is 29.5. The molecule has 3 aromatic rings. The lowest BCUT2D eigenvalue weighted by Gasteiger charge is -2.55.